The van der Waals surface area contributed by atoms with Gasteiger partial charge in [-0.05, 0) is 86.4 Å². The van der Waals surface area contributed by atoms with Crippen molar-refractivity contribution in [3.8, 4) is 0 Å². The summed E-state index contributed by atoms with van der Waals surface area (Å²) in [6, 6.07) is -2.02. The first-order chi connectivity index (χ1) is 17.8. The number of carbonyl (C=O) groups is 2. The fourth-order valence-electron chi connectivity index (χ4n) is 8.02. The molecule has 4 rings (SSSR count). The highest BCUT2D eigenvalue weighted by atomic mass is 32.2. The third-order valence-electron chi connectivity index (χ3n) is 11.1. The first-order valence-electron chi connectivity index (χ1n) is 14.9. The van der Waals surface area contributed by atoms with Crippen molar-refractivity contribution in [3.05, 3.63) is 0 Å². The molecule has 0 saturated heterocycles. The Morgan fingerprint density at radius 3 is 2.03 bits per heavy atom. The molecule has 0 unspecified atom stereocenters. The molecule has 4 aliphatic rings. The van der Waals surface area contributed by atoms with Crippen molar-refractivity contribution in [2.24, 2.45) is 34.3 Å². The molecule has 6 N–H and O–H groups in total. The minimum atomic E-state index is -4.23. The summed E-state index contributed by atoms with van der Waals surface area (Å²) in [5.74, 6) is -0.546. The number of fused-ring (bicyclic) bond motifs is 2. The highest BCUT2D eigenvalue weighted by Gasteiger charge is 2.61. The third kappa shape index (κ3) is 6.56. The van der Waals surface area contributed by atoms with E-state index in [9.17, 15) is 23.1 Å². The summed E-state index contributed by atoms with van der Waals surface area (Å²) in [4.78, 5) is 25.6. The summed E-state index contributed by atoms with van der Waals surface area (Å²) in [5, 5.41) is 13.0. The van der Waals surface area contributed by atoms with Crippen LogP contribution in [0.5, 0.6) is 0 Å². The van der Waals surface area contributed by atoms with Crippen molar-refractivity contribution in [1.82, 2.24) is 14.8 Å². The summed E-state index contributed by atoms with van der Waals surface area (Å²) < 4.78 is 31.4. The van der Waals surface area contributed by atoms with Gasteiger partial charge < -0.3 is 16.2 Å². The second-order valence-corrected chi connectivity index (χ2v) is 15.1. The van der Waals surface area contributed by atoms with Crippen molar-refractivity contribution >= 4 is 22.1 Å². The molecule has 38 heavy (non-hydrogen) atoms. The number of amides is 1. The van der Waals surface area contributed by atoms with E-state index >= 15 is 0 Å². The summed E-state index contributed by atoms with van der Waals surface area (Å²) >= 11 is 0. The maximum Gasteiger partial charge on any atom is 0.321 e. The Morgan fingerprint density at radius 2 is 1.47 bits per heavy atom. The first kappa shape index (κ1) is 29.7. The van der Waals surface area contributed by atoms with Crippen LogP contribution >= 0.6 is 0 Å². The van der Waals surface area contributed by atoms with Crippen LogP contribution in [-0.4, -0.2) is 49.6 Å². The van der Waals surface area contributed by atoms with E-state index in [4.69, 9.17) is 5.73 Å². The first-order valence-corrected chi connectivity index (χ1v) is 16.4. The van der Waals surface area contributed by atoms with Gasteiger partial charge in [0.2, 0.25) is 5.91 Å². The number of rotatable bonds is 11. The van der Waals surface area contributed by atoms with Crippen LogP contribution in [0, 0.1) is 28.6 Å². The van der Waals surface area contributed by atoms with Crippen LogP contribution in [0.15, 0.2) is 0 Å². The predicted molar refractivity (Wildman–Crippen MR) is 147 cm³/mol. The second kappa shape index (κ2) is 11.7. The highest BCUT2D eigenvalue weighted by molar-refractivity contribution is 7.87. The molecule has 10 heteroatoms. The molecule has 0 aromatic rings. The Hall–Kier alpha value is -1.23. The molecule has 0 aliphatic heterocycles. The lowest BCUT2D eigenvalue weighted by molar-refractivity contribution is -0.139. The fraction of sp³-hybridized carbons (Fsp3) is 0.929. The highest BCUT2D eigenvalue weighted by Crippen LogP contribution is 2.65. The van der Waals surface area contributed by atoms with E-state index in [-0.39, 0.29) is 47.1 Å². The Morgan fingerprint density at radius 1 is 0.895 bits per heavy atom. The summed E-state index contributed by atoms with van der Waals surface area (Å²) in [6.45, 7) is 6.83. The number of carboxylic acids is 1. The van der Waals surface area contributed by atoms with Crippen LogP contribution in [-0.2, 0) is 19.8 Å². The molecular formula is C28H50N4O5S. The number of aliphatic carboxylic acids is 1. The zero-order valence-electron chi connectivity index (χ0n) is 23.5. The maximum atomic E-state index is 13.7. The molecule has 0 aromatic heterocycles. The Kier molecular flexibility index (Phi) is 9.17. The molecule has 4 saturated carbocycles. The summed E-state index contributed by atoms with van der Waals surface area (Å²) in [6.07, 6.45) is 12.4. The van der Waals surface area contributed by atoms with Crippen LogP contribution < -0.4 is 20.5 Å². The Bertz CT molecular complexity index is 958. The SMILES string of the molecule is CC1(C)[C@@H]2CC[C@@]1(C)[C@@H](NC(=O)[C@H](CC1CCCCC1)NS(=O)(=O)N[C@@H](CC1CCC(N)CC1)C(=O)O)C2. The number of hydrogen-bond acceptors (Lipinski definition) is 5. The largest absolute Gasteiger partial charge is 0.480 e. The van der Waals surface area contributed by atoms with E-state index in [1.54, 1.807) is 0 Å². The summed E-state index contributed by atoms with van der Waals surface area (Å²) in [5.41, 5.74) is 6.09. The van der Waals surface area contributed by atoms with E-state index in [1.807, 2.05) is 0 Å². The number of carbonyl (C=O) groups excluding carboxylic acids is 1. The predicted octanol–water partition coefficient (Wildman–Crippen LogP) is 3.44. The quantitative estimate of drug-likeness (QED) is 0.264. The molecule has 0 heterocycles. The van der Waals surface area contributed by atoms with Gasteiger partial charge in [-0.25, -0.2) is 0 Å². The van der Waals surface area contributed by atoms with Gasteiger partial charge in [-0.1, -0.05) is 52.9 Å². The van der Waals surface area contributed by atoms with Crippen LogP contribution in [0.3, 0.4) is 0 Å². The van der Waals surface area contributed by atoms with Gasteiger partial charge in [0.05, 0.1) is 0 Å². The minimum Gasteiger partial charge on any atom is -0.480 e. The average molecular weight is 555 g/mol. The van der Waals surface area contributed by atoms with E-state index < -0.39 is 28.3 Å². The van der Waals surface area contributed by atoms with Gasteiger partial charge in [-0.2, -0.15) is 17.9 Å². The van der Waals surface area contributed by atoms with Gasteiger partial charge in [0.25, 0.3) is 10.2 Å². The van der Waals surface area contributed by atoms with Crippen LogP contribution in [0.4, 0.5) is 0 Å². The van der Waals surface area contributed by atoms with Gasteiger partial charge in [0, 0.05) is 12.1 Å². The molecule has 9 nitrogen and oxygen atoms in total. The fourth-order valence-corrected chi connectivity index (χ4v) is 9.24. The lowest BCUT2D eigenvalue weighted by atomic mass is 9.69. The molecule has 4 aliphatic carbocycles. The van der Waals surface area contributed by atoms with E-state index in [2.05, 4.69) is 35.5 Å². The Labute approximate surface area is 229 Å². The molecule has 0 aromatic carbocycles. The van der Waals surface area contributed by atoms with Crippen LogP contribution in [0.25, 0.3) is 0 Å². The van der Waals surface area contributed by atoms with Crippen molar-refractivity contribution < 1.29 is 23.1 Å². The molecule has 4 fully saturated rings. The Balaban J connectivity index is 1.44. The molecule has 2 bridgehead atoms. The van der Waals surface area contributed by atoms with E-state index in [1.165, 1.54) is 12.8 Å². The zero-order chi connectivity index (χ0) is 27.7. The smallest absolute Gasteiger partial charge is 0.321 e. The second-order valence-electron chi connectivity index (χ2n) is 13.6. The molecule has 5 atom stereocenters. The van der Waals surface area contributed by atoms with Gasteiger partial charge in [0.15, 0.2) is 0 Å². The third-order valence-corrected chi connectivity index (χ3v) is 12.3. The van der Waals surface area contributed by atoms with E-state index in [0.29, 0.717) is 12.3 Å². The molecule has 0 spiro atoms. The lowest BCUT2D eigenvalue weighted by Crippen LogP contribution is -2.57. The minimum absolute atomic E-state index is 0.0134. The van der Waals surface area contributed by atoms with Crippen LogP contribution in [0.2, 0.25) is 0 Å². The monoisotopic (exact) mass is 554 g/mol. The number of carboxylic acid groups (broad SMARTS) is 1. The van der Waals surface area contributed by atoms with E-state index in [0.717, 1.165) is 64.2 Å². The van der Waals surface area contributed by atoms with Crippen molar-refractivity contribution in [3.63, 3.8) is 0 Å². The molecular weight excluding hydrogens is 504 g/mol. The molecule has 218 valence electrons. The summed E-state index contributed by atoms with van der Waals surface area (Å²) in [7, 11) is -4.23. The van der Waals surface area contributed by atoms with Gasteiger partial charge in [0.1, 0.15) is 12.1 Å². The van der Waals surface area contributed by atoms with Gasteiger partial charge >= 0.3 is 5.97 Å². The van der Waals surface area contributed by atoms with Gasteiger partial charge in [-0.3, -0.25) is 9.59 Å². The number of hydrogen-bond donors (Lipinski definition) is 5. The lowest BCUT2D eigenvalue weighted by Gasteiger charge is -2.40. The van der Waals surface area contributed by atoms with Crippen molar-refractivity contribution in [1.29, 1.82) is 0 Å². The molecule has 1 amide bonds. The topological polar surface area (TPSA) is 151 Å². The van der Waals surface area contributed by atoms with Gasteiger partial charge in [-0.15, -0.1) is 0 Å². The average Bonchev–Trinajstić information content (AvgIpc) is 3.18. The van der Waals surface area contributed by atoms with Crippen molar-refractivity contribution in [2.75, 3.05) is 0 Å². The standard InChI is InChI=1S/C28H50N4O5S/c1-27(2)20-13-14-28(27,3)24(17-20)30-25(33)22(15-18-7-5-4-6-8-18)31-38(36,37)32-23(26(34)35)16-19-9-11-21(29)12-10-19/h18-24,31-32H,4-17,29H2,1-3H3,(H,30,33)(H,34,35)/t19?,20-,21?,22+,23+,24+,28+/m1/s1. The van der Waals surface area contributed by atoms with Crippen LogP contribution in [0.1, 0.15) is 111 Å². The number of nitrogens with two attached hydrogens (primary N) is 1. The maximum absolute atomic E-state index is 13.7. The molecule has 0 radical (unpaired) electrons. The number of nitrogens with one attached hydrogen (secondary N) is 3. The normalized spacial score (nSPS) is 35.1. The zero-order valence-corrected chi connectivity index (χ0v) is 24.3. The van der Waals surface area contributed by atoms with Crippen molar-refractivity contribution in [2.45, 2.75) is 135 Å².